The summed E-state index contributed by atoms with van der Waals surface area (Å²) in [6.45, 7) is 5.50. The number of amides is 3. The highest BCUT2D eigenvalue weighted by molar-refractivity contribution is 5.96. The van der Waals surface area contributed by atoms with Gasteiger partial charge in [0.1, 0.15) is 5.82 Å². The molecule has 3 N–H and O–H groups in total. The zero-order chi connectivity index (χ0) is 26.9. The molecule has 4 fully saturated rings. The van der Waals surface area contributed by atoms with Crippen LogP contribution in [-0.2, 0) is 0 Å². The maximum Gasteiger partial charge on any atom is 0.320 e. The largest absolute Gasteiger partial charge is 0.364 e. The second-order valence-corrected chi connectivity index (χ2v) is 11.6. The maximum atomic E-state index is 12.8. The van der Waals surface area contributed by atoms with Gasteiger partial charge in [-0.25, -0.2) is 14.8 Å². The third kappa shape index (κ3) is 5.66. The van der Waals surface area contributed by atoms with Crippen LogP contribution in [0.1, 0.15) is 66.9 Å². The summed E-state index contributed by atoms with van der Waals surface area (Å²) >= 11 is 0. The molecule has 10 heteroatoms. The number of hydrogen-bond donors (Lipinski definition) is 2. The minimum absolute atomic E-state index is 0.0996. The Morgan fingerprint density at radius 3 is 2.44 bits per heavy atom. The van der Waals surface area contributed by atoms with Crippen LogP contribution in [0.2, 0.25) is 0 Å². The van der Waals surface area contributed by atoms with Gasteiger partial charge in [0.2, 0.25) is 0 Å². The van der Waals surface area contributed by atoms with E-state index in [0.29, 0.717) is 24.1 Å². The number of urea groups is 1. The second-order valence-electron chi connectivity index (χ2n) is 11.6. The summed E-state index contributed by atoms with van der Waals surface area (Å²) in [6.07, 6.45) is 9.69. The van der Waals surface area contributed by atoms with E-state index >= 15 is 0 Å². The minimum atomic E-state index is -0.617. The Morgan fingerprint density at radius 1 is 0.949 bits per heavy atom. The summed E-state index contributed by atoms with van der Waals surface area (Å²) in [5, 5.41) is 3.30. The van der Waals surface area contributed by atoms with Crippen molar-refractivity contribution in [1.29, 1.82) is 0 Å². The lowest BCUT2D eigenvalue weighted by Gasteiger charge is -2.43. The molecule has 1 atom stereocenters. The molecule has 6 rings (SSSR count). The summed E-state index contributed by atoms with van der Waals surface area (Å²) in [7, 11) is 1.87. The molecule has 0 spiro atoms. The molecule has 4 aliphatic rings. The van der Waals surface area contributed by atoms with Gasteiger partial charge in [0, 0.05) is 45.0 Å². The molecule has 208 valence electrons. The monoisotopic (exact) mass is 532 g/mol. The standard InChI is InChI=1S/C29H40N8O2/c1-34-13-3-15-37(29(34)39)24-4-2-14-36(19-24)25-18-31-26(27(30)38)28(33-25)32-22-7-5-20(6-8-22)21-11-16-35(17-12-21)23-9-10-23/h5-8,18,21,23-24H,2-4,9-17,19H2,1H3,(H2,30,38)(H,32,33). The molecular formula is C29H40N8O2. The predicted molar refractivity (Wildman–Crippen MR) is 151 cm³/mol. The van der Waals surface area contributed by atoms with Gasteiger partial charge in [-0.1, -0.05) is 12.1 Å². The van der Waals surface area contributed by atoms with E-state index in [1.165, 1.54) is 44.3 Å². The first-order valence-electron chi connectivity index (χ1n) is 14.5. The first-order chi connectivity index (χ1) is 19.0. The Bertz CT molecular complexity index is 1190. The Balaban J connectivity index is 1.15. The summed E-state index contributed by atoms with van der Waals surface area (Å²) in [5.41, 5.74) is 7.99. The van der Waals surface area contributed by atoms with Crippen molar-refractivity contribution >= 4 is 29.3 Å². The van der Waals surface area contributed by atoms with E-state index in [-0.39, 0.29) is 17.8 Å². The first kappa shape index (κ1) is 25.9. The van der Waals surface area contributed by atoms with Crippen molar-refractivity contribution in [3.63, 3.8) is 0 Å². The van der Waals surface area contributed by atoms with Crippen LogP contribution in [0.3, 0.4) is 0 Å². The minimum Gasteiger partial charge on any atom is -0.364 e. The summed E-state index contributed by atoms with van der Waals surface area (Å²) in [6, 6.07) is 9.55. The van der Waals surface area contributed by atoms with Gasteiger partial charge in [0.05, 0.1) is 12.2 Å². The smallest absolute Gasteiger partial charge is 0.320 e. The maximum absolute atomic E-state index is 12.8. The van der Waals surface area contributed by atoms with Crippen molar-refractivity contribution < 1.29 is 9.59 Å². The highest BCUT2D eigenvalue weighted by Gasteiger charge is 2.34. The van der Waals surface area contributed by atoms with E-state index in [4.69, 9.17) is 10.7 Å². The highest BCUT2D eigenvalue weighted by atomic mass is 16.2. The summed E-state index contributed by atoms with van der Waals surface area (Å²) < 4.78 is 0. The van der Waals surface area contributed by atoms with Gasteiger partial charge >= 0.3 is 6.03 Å². The van der Waals surface area contributed by atoms with Gasteiger partial charge < -0.3 is 30.7 Å². The predicted octanol–water partition coefficient (Wildman–Crippen LogP) is 3.39. The van der Waals surface area contributed by atoms with E-state index < -0.39 is 5.91 Å². The quantitative estimate of drug-likeness (QED) is 0.562. The molecular weight excluding hydrogens is 492 g/mol. The normalized spacial score (nSPS) is 23.3. The number of likely N-dealkylation sites (tertiary alicyclic amines) is 1. The molecule has 3 aliphatic heterocycles. The number of piperidine rings is 2. The van der Waals surface area contributed by atoms with E-state index in [0.717, 1.165) is 50.6 Å². The average molecular weight is 533 g/mol. The number of anilines is 3. The fraction of sp³-hybridized carbons (Fsp3) is 0.586. The lowest BCUT2D eigenvalue weighted by atomic mass is 9.89. The van der Waals surface area contributed by atoms with Gasteiger partial charge in [-0.3, -0.25) is 4.79 Å². The van der Waals surface area contributed by atoms with Crippen LogP contribution in [-0.4, -0.2) is 95.0 Å². The van der Waals surface area contributed by atoms with Crippen LogP contribution in [0.5, 0.6) is 0 Å². The lowest BCUT2D eigenvalue weighted by molar-refractivity contribution is 0.0995. The number of rotatable bonds is 7. The number of nitrogens with one attached hydrogen (secondary N) is 1. The van der Waals surface area contributed by atoms with Crippen molar-refractivity contribution in [2.75, 3.05) is 56.5 Å². The van der Waals surface area contributed by atoms with Crippen LogP contribution in [0.4, 0.5) is 22.1 Å². The van der Waals surface area contributed by atoms with Crippen molar-refractivity contribution in [3.8, 4) is 0 Å². The molecule has 4 heterocycles. The molecule has 1 saturated carbocycles. The van der Waals surface area contributed by atoms with Crippen molar-refractivity contribution in [2.45, 2.75) is 62.9 Å². The van der Waals surface area contributed by atoms with Gasteiger partial charge in [0.15, 0.2) is 11.5 Å². The number of carbonyl (C=O) groups excluding carboxylic acids is 2. The topological polar surface area (TPSA) is 111 Å². The molecule has 1 aliphatic carbocycles. The zero-order valence-corrected chi connectivity index (χ0v) is 22.9. The average Bonchev–Trinajstić information content (AvgIpc) is 3.81. The molecule has 1 aromatic heterocycles. The number of primary amides is 1. The van der Waals surface area contributed by atoms with Crippen LogP contribution >= 0.6 is 0 Å². The van der Waals surface area contributed by atoms with Crippen LogP contribution in [0, 0.1) is 0 Å². The van der Waals surface area contributed by atoms with Crippen LogP contribution in [0.15, 0.2) is 30.5 Å². The summed E-state index contributed by atoms with van der Waals surface area (Å²) in [4.78, 5) is 42.7. The Kier molecular flexibility index (Phi) is 7.29. The Morgan fingerprint density at radius 2 is 1.72 bits per heavy atom. The molecule has 10 nitrogen and oxygen atoms in total. The molecule has 0 radical (unpaired) electrons. The molecule has 1 aromatic carbocycles. The van der Waals surface area contributed by atoms with Gasteiger partial charge in [-0.15, -0.1) is 0 Å². The first-order valence-corrected chi connectivity index (χ1v) is 14.5. The Labute approximate surface area is 230 Å². The molecule has 1 unspecified atom stereocenters. The third-order valence-electron chi connectivity index (χ3n) is 8.86. The molecule has 2 aromatic rings. The molecule has 3 amide bonds. The summed E-state index contributed by atoms with van der Waals surface area (Å²) in [5.74, 6) is 1.02. The third-order valence-corrected chi connectivity index (χ3v) is 8.86. The van der Waals surface area contributed by atoms with E-state index in [2.05, 4.69) is 44.4 Å². The number of benzene rings is 1. The van der Waals surface area contributed by atoms with Crippen LogP contribution in [0.25, 0.3) is 0 Å². The van der Waals surface area contributed by atoms with Gasteiger partial charge in [-0.05, 0) is 81.6 Å². The SMILES string of the molecule is CN1CCCN(C2CCCN(c3cnc(C(N)=O)c(Nc4ccc(C5CCN(C6CC6)CC5)cc4)n3)C2)C1=O. The van der Waals surface area contributed by atoms with Gasteiger partial charge in [-0.2, -0.15) is 0 Å². The number of carbonyl (C=O) groups is 2. The van der Waals surface area contributed by atoms with Crippen molar-refractivity contribution in [2.24, 2.45) is 5.73 Å². The van der Waals surface area contributed by atoms with Crippen LogP contribution < -0.4 is 16.0 Å². The van der Waals surface area contributed by atoms with E-state index in [9.17, 15) is 9.59 Å². The Hall–Kier alpha value is -3.40. The zero-order valence-electron chi connectivity index (χ0n) is 22.9. The number of nitrogens with zero attached hydrogens (tertiary/aromatic N) is 6. The van der Waals surface area contributed by atoms with Crippen molar-refractivity contribution in [3.05, 3.63) is 41.7 Å². The van der Waals surface area contributed by atoms with E-state index in [1.807, 2.05) is 11.9 Å². The van der Waals surface area contributed by atoms with Crippen molar-refractivity contribution in [1.82, 2.24) is 24.7 Å². The second kappa shape index (κ2) is 11.0. The fourth-order valence-corrected chi connectivity index (χ4v) is 6.46. The lowest BCUT2D eigenvalue weighted by Crippen LogP contribution is -2.56. The molecule has 39 heavy (non-hydrogen) atoms. The molecule has 0 bridgehead atoms. The van der Waals surface area contributed by atoms with Gasteiger partial charge in [0.25, 0.3) is 5.91 Å². The molecule has 3 saturated heterocycles. The fourth-order valence-electron chi connectivity index (χ4n) is 6.46. The number of aromatic nitrogens is 2. The number of hydrogen-bond acceptors (Lipinski definition) is 7. The number of nitrogens with two attached hydrogens (primary N) is 1. The van der Waals surface area contributed by atoms with E-state index in [1.54, 1.807) is 11.1 Å². The highest BCUT2D eigenvalue weighted by Crippen LogP contribution is 2.35.